The van der Waals surface area contributed by atoms with Gasteiger partial charge in [-0.05, 0) is 74.9 Å². The number of amides is 6. The molecular weight excluding hydrogens is 908 g/mol. The van der Waals surface area contributed by atoms with Crippen LogP contribution in [0.5, 0.6) is 0 Å². The number of ether oxygens (including phenoxy) is 2. The molecule has 1 saturated heterocycles. The SMILES string of the molecule is CCC(C)C(C(CC(=O)N1CCCC1C(OC)C(C)C(=O)NC(Cc1ccccc1)C(=O)N[S+]([O-])c1ccc(C2(NC(=O)C(F)(F)F)CC2)cc1)OC)N(C)C(=O)CNC(=O)C(C(C)C)N(C)C. The largest absolute Gasteiger partial charge is 0.588 e. The summed E-state index contributed by atoms with van der Waals surface area (Å²) in [6.07, 6.45) is -4.19. The van der Waals surface area contributed by atoms with Crippen molar-refractivity contribution >= 4 is 46.8 Å². The monoisotopic (exact) mass is 977 g/mol. The standard InChI is InChI=1S/C48H70F3N7O9S/c1-11-30(4)41(57(8)39(60)28-52-45(63)40(29(2)3)56(6)7)37(66-9)27-38(59)58-25-15-18-36(58)42(67-10)31(5)43(61)53-35(26-32-16-13-12-14-17-32)44(62)55-68(65)34-21-19-33(20-22-34)47(23-24-47)54-46(64)48(49,50)51/h12-14,16-17,19-22,29-31,35-37,40-42H,11,15,18,23-28H2,1-10H3,(H,52,63)(H,53,61)(H,54,64)(H,55,62). The number of methoxy groups -OCH3 is 2. The average molecular weight is 978 g/mol. The molecule has 1 aliphatic carbocycles. The Hall–Kier alpha value is -4.76. The lowest BCUT2D eigenvalue weighted by Crippen LogP contribution is -2.56. The van der Waals surface area contributed by atoms with Gasteiger partial charge in [-0.2, -0.15) is 17.9 Å². The molecule has 0 radical (unpaired) electrons. The molecule has 16 nitrogen and oxygen atoms in total. The summed E-state index contributed by atoms with van der Waals surface area (Å²) in [5.41, 5.74) is -0.0899. The van der Waals surface area contributed by atoms with Crippen molar-refractivity contribution in [1.82, 2.24) is 35.4 Å². The summed E-state index contributed by atoms with van der Waals surface area (Å²) in [5.74, 6) is -5.17. The van der Waals surface area contributed by atoms with E-state index in [0.29, 0.717) is 49.8 Å². The maximum Gasteiger partial charge on any atom is 0.471 e. The molecule has 1 aliphatic heterocycles. The number of carbonyl (C=O) groups is 6. The van der Waals surface area contributed by atoms with Gasteiger partial charge in [-0.3, -0.25) is 33.7 Å². The second-order valence-corrected chi connectivity index (χ2v) is 19.8. The summed E-state index contributed by atoms with van der Waals surface area (Å²) < 4.78 is 66.7. The van der Waals surface area contributed by atoms with Gasteiger partial charge in [-0.1, -0.05) is 83.5 Å². The predicted molar refractivity (Wildman–Crippen MR) is 250 cm³/mol. The number of hydrogen-bond donors (Lipinski definition) is 4. The van der Waals surface area contributed by atoms with Crippen LogP contribution in [-0.4, -0.2) is 146 Å². The third-order valence-corrected chi connectivity index (χ3v) is 14.4. The van der Waals surface area contributed by atoms with E-state index in [1.54, 1.807) is 59.0 Å². The molecule has 1 saturated carbocycles. The molecule has 9 atom stereocenters. The Labute approximate surface area is 401 Å². The van der Waals surface area contributed by atoms with Crippen molar-refractivity contribution in [3.63, 3.8) is 0 Å². The van der Waals surface area contributed by atoms with Crippen LogP contribution >= 0.6 is 0 Å². The molecule has 20 heteroatoms. The van der Waals surface area contributed by atoms with Crippen LogP contribution < -0.4 is 20.7 Å². The van der Waals surface area contributed by atoms with Crippen molar-refractivity contribution in [3.05, 3.63) is 65.7 Å². The molecule has 2 aromatic rings. The first-order valence-corrected chi connectivity index (χ1v) is 24.3. The maximum atomic E-state index is 14.3. The highest BCUT2D eigenvalue weighted by Crippen LogP contribution is 2.46. The molecule has 0 aromatic heterocycles. The second kappa shape index (κ2) is 24.7. The van der Waals surface area contributed by atoms with Crippen LogP contribution in [0.1, 0.15) is 84.3 Å². The van der Waals surface area contributed by atoms with Crippen molar-refractivity contribution in [1.29, 1.82) is 0 Å². The number of halogens is 3. The Morgan fingerprint density at radius 3 is 2.07 bits per heavy atom. The van der Waals surface area contributed by atoms with Crippen molar-refractivity contribution < 1.29 is 56.0 Å². The number of hydrogen-bond acceptors (Lipinski definition) is 10. The normalized spacial score (nSPS) is 19.2. The highest BCUT2D eigenvalue weighted by Gasteiger charge is 2.51. The number of rotatable bonds is 24. The first-order valence-electron chi connectivity index (χ1n) is 23.1. The van der Waals surface area contributed by atoms with Gasteiger partial charge < -0.3 is 39.8 Å². The number of benzene rings is 2. The van der Waals surface area contributed by atoms with E-state index in [-0.39, 0.29) is 53.8 Å². The first kappa shape index (κ1) is 55.8. The van der Waals surface area contributed by atoms with Gasteiger partial charge in [0.05, 0.1) is 54.8 Å². The molecule has 2 aromatic carbocycles. The van der Waals surface area contributed by atoms with E-state index in [4.69, 9.17) is 9.47 Å². The molecule has 9 unspecified atom stereocenters. The first-order chi connectivity index (χ1) is 32.0. The number of nitrogens with one attached hydrogen (secondary N) is 4. The molecule has 2 fully saturated rings. The molecule has 6 amide bonds. The molecule has 0 bridgehead atoms. The lowest BCUT2D eigenvalue weighted by Gasteiger charge is -2.39. The molecule has 0 spiro atoms. The smallest absolute Gasteiger partial charge is 0.471 e. The maximum absolute atomic E-state index is 14.3. The van der Waals surface area contributed by atoms with Gasteiger partial charge in [-0.25, -0.2) is 0 Å². The van der Waals surface area contributed by atoms with Crippen LogP contribution in [0.25, 0.3) is 0 Å². The third kappa shape index (κ3) is 14.4. The fourth-order valence-electron chi connectivity index (χ4n) is 9.23. The summed E-state index contributed by atoms with van der Waals surface area (Å²) in [7, 11) is 8.21. The fourth-order valence-corrected chi connectivity index (χ4v) is 10.1. The molecule has 378 valence electrons. The van der Waals surface area contributed by atoms with Crippen LogP contribution in [0, 0.1) is 17.8 Å². The van der Waals surface area contributed by atoms with Gasteiger partial charge in [0.25, 0.3) is 5.91 Å². The highest BCUT2D eigenvalue weighted by atomic mass is 32.2. The van der Waals surface area contributed by atoms with Gasteiger partial charge in [0.2, 0.25) is 23.6 Å². The number of alkyl halides is 3. The van der Waals surface area contributed by atoms with E-state index < -0.39 is 83.1 Å². The van der Waals surface area contributed by atoms with E-state index in [1.165, 1.54) is 38.5 Å². The summed E-state index contributed by atoms with van der Waals surface area (Å²) in [6.45, 7) is 9.63. The van der Waals surface area contributed by atoms with Gasteiger partial charge in [-0.15, -0.1) is 0 Å². The molecule has 2 aliphatic rings. The Morgan fingerprint density at radius 1 is 0.912 bits per heavy atom. The van der Waals surface area contributed by atoms with E-state index in [0.717, 1.165) is 0 Å². The van der Waals surface area contributed by atoms with E-state index in [2.05, 4.69) is 15.4 Å². The Kier molecular flexibility index (Phi) is 20.3. The quantitative estimate of drug-likeness (QED) is 0.112. The Morgan fingerprint density at radius 2 is 1.54 bits per heavy atom. The minimum atomic E-state index is -5.05. The van der Waals surface area contributed by atoms with Crippen molar-refractivity contribution in [2.24, 2.45) is 17.8 Å². The number of carbonyl (C=O) groups excluding carboxylic acids is 6. The van der Waals surface area contributed by atoms with Crippen molar-refractivity contribution in [2.45, 2.75) is 133 Å². The summed E-state index contributed by atoms with van der Waals surface area (Å²) >= 11 is -2.14. The minimum absolute atomic E-state index is 0.0159. The molecule has 68 heavy (non-hydrogen) atoms. The topological polar surface area (TPSA) is 202 Å². The molecule has 4 N–H and O–H groups in total. The lowest BCUT2D eigenvalue weighted by molar-refractivity contribution is -0.174. The third-order valence-electron chi connectivity index (χ3n) is 13.3. The number of likely N-dealkylation sites (tertiary alicyclic amines) is 1. The fraction of sp³-hybridized carbons (Fsp3) is 0.625. The average Bonchev–Trinajstić information content (AvgIpc) is 3.92. The van der Waals surface area contributed by atoms with Crippen LogP contribution in [0.3, 0.4) is 0 Å². The lowest BCUT2D eigenvalue weighted by atomic mass is 9.90. The molecule has 1 heterocycles. The van der Waals surface area contributed by atoms with Crippen LogP contribution in [0.2, 0.25) is 0 Å². The summed E-state index contributed by atoms with van der Waals surface area (Å²) in [5, 5.41) is 7.64. The van der Waals surface area contributed by atoms with E-state index in [1.807, 2.05) is 47.1 Å². The van der Waals surface area contributed by atoms with Crippen LogP contribution in [0.4, 0.5) is 13.2 Å². The highest BCUT2D eigenvalue weighted by molar-refractivity contribution is 7.90. The van der Waals surface area contributed by atoms with Crippen molar-refractivity contribution in [2.75, 3.05) is 48.5 Å². The van der Waals surface area contributed by atoms with E-state index in [9.17, 15) is 46.5 Å². The Balaban J connectivity index is 1.45. The minimum Gasteiger partial charge on any atom is -0.588 e. The van der Waals surface area contributed by atoms with Gasteiger partial charge in [0.15, 0.2) is 4.90 Å². The zero-order chi connectivity index (χ0) is 50.7. The van der Waals surface area contributed by atoms with Crippen molar-refractivity contribution in [3.8, 4) is 0 Å². The van der Waals surface area contributed by atoms with Gasteiger partial charge >= 0.3 is 12.1 Å². The molecule has 4 rings (SSSR count). The summed E-state index contributed by atoms with van der Waals surface area (Å²) in [4.78, 5) is 85.7. The summed E-state index contributed by atoms with van der Waals surface area (Å²) in [6, 6.07) is 11.9. The molecular formula is C48H70F3N7O9S. The van der Waals surface area contributed by atoms with Crippen LogP contribution in [0.15, 0.2) is 59.5 Å². The van der Waals surface area contributed by atoms with E-state index >= 15 is 0 Å². The Bertz CT molecular complexity index is 2020. The number of likely N-dealkylation sites (N-methyl/N-ethyl adjacent to an activating group) is 2. The predicted octanol–water partition coefficient (Wildman–Crippen LogP) is 3.84. The van der Waals surface area contributed by atoms with Gasteiger partial charge in [0, 0.05) is 34.2 Å². The van der Waals surface area contributed by atoms with Gasteiger partial charge in [0.1, 0.15) is 17.4 Å². The zero-order valence-electron chi connectivity index (χ0n) is 40.8. The second-order valence-electron chi connectivity index (χ2n) is 18.6. The number of nitrogens with zero attached hydrogens (tertiary/aromatic N) is 3. The zero-order valence-corrected chi connectivity index (χ0v) is 41.6. The van der Waals surface area contributed by atoms with Crippen LogP contribution in [-0.2, 0) is 61.6 Å².